The summed E-state index contributed by atoms with van der Waals surface area (Å²) in [6.45, 7) is 0. The lowest BCUT2D eigenvalue weighted by Gasteiger charge is -2.33. The largest absolute Gasteiger partial charge is 0.304 e. The molecule has 5 aromatic carbocycles. The summed E-state index contributed by atoms with van der Waals surface area (Å²) < 4.78 is 0. The van der Waals surface area contributed by atoms with Gasteiger partial charge in [-0.2, -0.15) is 5.12 Å². The molecule has 6 rings (SSSR count). The minimum atomic E-state index is -0.722. The van der Waals surface area contributed by atoms with Crippen molar-refractivity contribution in [3.63, 3.8) is 0 Å². The number of benzene rings is 5. The van der Waals surface area contributed by atoms with E-state index in [2.05, 4.69) is 0 Å². The van der Waals surface area contributed by atoms with Crippen molar-refractivity contribution in [1.29, 1.82) is 0 Å². The highest BCUT2D eigenvalue weighted by Gasteiger charge is 2.43. The van der Waals surface area contributed by atoms with Gasteiger partial charge in [0.2, 0.25) is 0 Å². The Morgan fingerprint density at radius 1 is 0.639 bits per heavy atom. The number of nitro groups is 2. The van der Waals surface area contributed by atoms with Crippen molar-refractivity contribution < 1.29 is 15.1 Å². The third-order valence-corrected chi connectivity index (χ3v) is 6.20. The number of hydrogen-bond donors (Lipinski definition) is 1. The highest BCUT2D eigenvalue weighted by molar-refractivity contribution is 5.97. The summed E-state index contributed by atoms with van der Waals surface area (Å²) in [4.78, 5) is 22.2. The van der Waals surface area contributed by atoms with Crippen molar-refractivity contribution in [2.24, 2.45) is 0 Å². The van der Waals surface area contributed by atoms with Crippen LogP contribution in [0.3, 0.4) is 0 Å². The van der Waals surface area contributed by atoms with Gasteiger partial charge in [0.25, 0.3) is 5.69 Å². The van der Waals surface area contributed by atoms with Crippen molar-refractivity contribution in [3.8, 4) is 0 Å². The van der Waals surface area contributed by atoms with Crippen LogP contribution in [-0.4, -0.2) is 15.1 Å². The first-order chi connectivity index (χ1) is 17.4. The van der Waals surface area contributed by atoms with Gasteiger partial charge in [0.05, 0.1) is 27.3 Å². The first-order valence-electron chi connectivity index (χ1n) is 11.0. The minimum Gasteiger partial charge on any atom is -0.267 e. The van der Waals surface area contributed by atoms with E-state index in [0.717, 1.165) is 33.7 Å². The van der Waals surface area contributed by atoms with E-state index < -0.39 is 21.2 Å². The maximum absolute atomic E-state index is 12.1. The highest BCUT2D eigenvalue weighted by Crippen LogP contribution is 2.51. The second kappa shape index (κ2) is 7.93. The standard InChI is InChI=1S/C26H17N5O5/c32-29-24-15-23(30(33)34)16-25(31(35)36)26(24)27(21-11-9-17-5-1-3-7-19(17)13-21)28(29)22-12-10-18-6-2-4-8-20(18)14-22/h1-16,32H. The van der Waals surface area contributed by atoms with Crippen LogP contribution in [0.1, 0.15) is 0 Å². The summed E-state index contributed by atoms with van der Waals surface area (Å²) in [5.41, 5.74) is -0.0594. The number of nitro benzene ring substituents is 2. The molecule has 0 spiro atoms. The van der Waals surface area contributed by atoms with Crippen LogP contribution in [0.2, 0.25) is 0 Å². The molecule has 0 aliphatic carbocycles. The van der Waals surface area contributed by atoms with Crippen molar-refractivity contribution in [2.45, 2.75) is 0 Å². The van der Waals surface area contributed by atoms with Crippen LogP contribution < -0.4 is 15.3 Å². The van der Waals surface area contributed by atoms with E-state index in [1.54, 1.807) is 12.1 Å². The first kappa shape index (κ1) is 21.3. The van der Waals surface area contributed by atoms with Gasteiger partial charge in [-0.15, -0.1) is 5.17 Å². The summed E-state index contributed by atoms with van der Waals surface area (Å²) >= 11 is 0. The third kappa shape index (κ3) is 3.24. The van der Waals surface area contributed by atoms with Crippen LogP contribution in [-0.2, 0) is 0 Å². The molecule has 1 heterocycles. The Labute approximate surface area is 203 Å². The van der Waals surface area contributed by atoms with Gasteiger partial charge in [-0.05, 0) is 45.8 Å². The Morgan fingerprint density at radius 3 is 1.78 bits per heavy atom. The molecule has 36 heavy (non-hydrogen) atoms. The molecule has 0 saturated heterocycles. The Balaban J connectivity index is 1.63. The average Bonchev–Trinajstić information content (AvgIpc) is 3.19. The normalized spacial score (nSPS) is 12.9. The molecule has 5 aromatic rings. The van der Waals surface area contributed by atoms with Gasteiger partial charge in [0, 0.05) is 6.07 Å². The number of rotatable bonds is 4. The van der Waals surface area contributed by atoms with E-state index in [9.17, 15) is 25.4 Å². The van der Waals surface area contributed by atoms with Crippen molar-refractivity contribution in [1.82, 2.24) is 0 Å². The molecule has 0 saturated carbocycles. The summed E-state index contributed by atoms with van der Waals surface area (Å²) in [6.07, 6.45) is 0. The summed E-state index contributed by atoms with van der Waals surface area (Å²) in [5, 5.41) is 42.2. The molecule has 0 unspecified atom stereocenters. The SMILES string of the molecule is O=[N+]([O-])c1cc2c(c([N+](=O)[O-])c1)N(c1ccc3ccccc3c1)N(c1ccc3ccccc3c1)N2O. The van der Waals surface area contributed by atoms with Gasteiger partial charge >= 0.3 is 5.69 Å². The highest BCUT2D eigenvalue weighted by atomic mass is 16.6. The maximum Gasteiger partial charge on any atom is 0.304 e. The monoisotopic (exact) mass is 479 g/mol. The first-order valence-corrected chi connectivity index (χ1v) is 11.0. The lowest BCUT2D eigenvalue weighted by atomic mass is 10.1. The molecule has 1 aliphatic rings. The predicted molar refractivity (Wildman–Crippen MR) is 137 cm³/mol. The van der Waals surface area contributed by atoms with Gasteiger partial charge in [-0.1, -0.05) is 60.7 Å². The lowest BCUT2D eigenvalue weighted by Crippen LogP contribution is -2.45. The molecule has 1 aliphatic heterocycles. The Morgan fingerprint density at radius 2 is 1.19 bits per heavy atom. The van der Waals surface area contributed by atoms with E-state index in [0.29, 0.717) is 16.5 Å². The fourth-order valence-electron chi connectivity index (χ4n) is 4.56. The second-order valence-corrected chi connectivity index (χ2v) is 8.30. The molecule has 0 bridgehead atoms. The summed E-state index contributed by atoms with van der Waals surface area (Å²) in [7, 11) is 0. The molecule has 0 radical (unpaired) electrons. The Bertz CT molecular complexity index is 1710. The van der Waals surface area contributed by atoms with E-state index in [1.807, 2.05) is 72.8 Å². The number of hydrogen-bond acceptors (Lipinski definition) is 8. The van der Waals surface area contributed by atoms with E-state index in [-0.39, 0.29) is 11.4 Å². The second-order valence-electron chi connectivity index (χ2n) is 8.30. The van der Waals surface area contributed by atoms with Crippen LogP contribution in [0.25, 0.3) is 21.5 Å². The van der Waals surface area contributed by atoms with Crippen LogP contribution in [0.15, 0.2) is 97.1 Å². The van der Waals surface area contributed by atoms with Gasteiger partial charge in [-0.25, -0.2) is 5.01 Å². The fraction of sp³-hybridized carbons (Fsp3) is 0. The van der Waals surface area contributed by atoms with E-state index in [1.165, 1.54) is 10.1 Å². The lowest BCUT2D eigenvalue weighted by molar-refractivity contribution is -0.393. The zero-order chi connectivity index (χ0) is 25.0. The number of nitrogens with zero attached hydrogens (tertiary/aromatic N) is 5. The van der Waals surface area contributed by atoms with E-state index in [4.69, 9.17) is 0 Å². The smallest absolute Gasteiger partial charge is 0.267 e. The number of hydrazine groups is 2. The number of fused-ring (bicyclic) bond motifs is 3. The maximum atomic E-state index is 12.1. The fourth-order valence-corrected chi connectivity index (χ4v) is 4.56. The van der Waals surface area contributed by atoms with Crippen molar-refractivity contribution in [3.05, 3.63) is 117 Å². The van der Waals surface area contributed by atoms with Gasteiger partial charge in [0.1, 0.15) is 5.69 Å². The van der Waals surface area contributed by atoms with Crippen LogP contribution in [0.5, 0.6) is 0 Å². The molecule has 10 heteroatoms. The molecule has 0 aromatic heterocycles. The number of anilines is 4. The Kier molecular flexibility index (Phi) is 4.70. The molecule has 176 valence electrons. The molecular formula is C26H17N5O5. The molecule has 10 nitrogen and oxygen atoms in total. The van der Waals surface area contributed by atoms with Crippen molar-refractivity contribution in [2.75, 3.05) is 15.3 Å². The number of non-ortho nitro benzene ring substituents is 1. The topological polar surface area (TPSA) is 116 Å². The Hall–Kier alpha value is -5.22. The van der Waals surface area contributed by atoms with Gasteiger partial charge < -0.3 is 0 Å². The van der Waals surface area contributed by atoms with E-state index >= 15 is 0 Å². The third-order valence-electron chi connectivity index (χ3n) is 6.20. The van der Waals surface area contributed by atoms with Gasteiger partial charge in [0.15, 0.2) is 5.69 Å². The zero-order valence-corrected chi connectivity index (χ0v) is 18.6. The van der Waals surface area contributed by atoms with Gasteiger partial charge in [-0.3, -0.25) is 25.4 Å². The molecule has 1 N–H and O–H groups in total. The average molecular weight is 479 g/mol. The molecular weight excluding hydrogens is 462 g/mol. The minimum absolute atomic E-state index is 0.0107. The predicted octanol–water partition coefficient (Wildman–Crippen LogP) is 6.49. The van der Waals surface area contributed by atoms with Crippen molar-refractivity contribution >= 4 is 55.7 Å². The van der Waals surface area contributed by atoms with Crippen LogP contribution >= 0.6 is 0 Å². The summed E-state index contributed by atoms with van der Waals surface area (Å²) in [5.74, 6) is 0. The zero-order valence-electron chi connectivity index (χ0n) is 18.6. The summed E-state index contributed by atoms with van der Waals surface area (Å²) in [6, 6.07) is 28.3. The molecule has 0 atom stereocenters. The quantitative estimate of drug-likeness (QED) is 0.230. The molecule has 0 amide bonds. The molecule has 0 fully saturated rings. The van der Waals surface area contributed by atoms with Crippen LogP contribution in [0.4, 0.5) is 34.1 Å². The van der Waals surface area contributed by atoms with Crippen LogP contribution in [0, 0.1) is 20.2 Å².